The number of fused-ring (bicyclic) bond motifs is 1. The van der Waals surface area contributed by atoms with E-state index in [0.717, 1.165) is 5.56 Å². The van der Waals surface area contributed by atoms with Crippen molar-refractivity contribution < 1.29 is 18.7 Å². The van der Waals surface area contributed by atoms with Gasteiger partial charge in [-0.05, 0) is 29.8 Å². The van der Waals surface area contributed by atoms with E-state index in [9.17, 15) is 14.0 Å². The van der Waals surface area contributed by atoms with Gasteiger partial charge in [0, 0.05) is 12.1 Å². The lowest BCUT2D eigenvalue weighted by molar-refractivity contribution is -0.123. The van der Waals surface area contributed by atoms with E-state index in [1.165, 1.54) is 17.0 Å². The molecular weight excluding hydrogens is 383 g/mol. The fourth-order valence-electron chi connectivity index (χ4n) is 3.15. The minimum atomic E-state index is -0.508. The van der Waals surface area contributed by atoms with Crippen molar-refractivity contribution in [2.75, 3.05) is 11.4 Å². The molecule has 6 heteroatoms. The van der Waals surface area contributed by atoms with Crippen molar-refractivity contribution in [2.24, 2.45) is 0 Å². The SMILES string of the molecule is O=C(CN1C(=O)/C(=C/c2ccccc2F)Oc2ccccc21)NCc1ccccc1. The number of anilines is 1. The Morgan fingerprint density at radius 3 is 2.47 bits per heavy atom. The van der Waals surface area contributed by atoms with Crippen LogP contribution in [0.25, 0.3) is 6.08 Å². The van der Waals surface area contributed by atoms with Gasteiger partial charge in [-0.1, -0.05) is 60.7 Å². The smallest absolute Gasteiger partial charge is 0.294 e. The predicted octanol–water partition coefficient (Wildman–Crippen LogP) is 3.91. The summed E-state index contributed by atoms with van der Waals surface area (Å²) in [7, 11) is 0. The zero-order valence-corrected chi connectivity index (χ0v) is 16.0. The van der Waals surface area contributed by atoms with Crippen LogP contribution in [0.1, 0.15) is 11.1 Å². The second-order valence-electron chi connectivity index (χ2n) is 6.75. The number of nitrogens with one attached hydrogen (secondary N) is 1. The number of hydrogen-bond acceptors (Lipinski definition) is 3. The zero-order chi connectivity index (χ0) is 20.9. The van der Waals surface area contributed by atoms with Gasteiger partial charge in [-0.15, -0.1) is 0 Å². The van der Waals surface area contributed by atoms with E-state index in [4.69, 9.17) is 4.74 Å². The van der Waals surface area contributed by atoms with Crippen LogP contribution in [0, 0.1) is 5.82 Å². The number of hydrogen-bond donors (Lipinski definition) is 1. The van der Waals surface area contributed by atoms with Crippen LogP contribution in [0.2, 0.25) is 0 Å². The van der Waals surface area contributed by atoms with Crippen LogP contribution in [0.15, 0.2) is 84.6 Å². The molecule has 0 spiro atoms. The third-order valence-corrected chi connectivity index (χ3v) is 4.66. The van der Waals surface area contributed by atoms with Gasteiger partial charge in [0.05, 0.1) is 5.69 Å². The number of ether oxygens (including phenoxy) is 1. The van der Waals surface area contributed by atoms with Crippen molar-refractivity contribution in [3.05, 3.63) is 102 Å². The van der Waals surface area contributed by atoms with E-state index in [-0.39, 0.29) is 23.8 Å². The van der Waals surface area contributed by atoms with Crippen molar-refractivity contribution in [1.29, 1.82) is 0 Å². The lowest BCUT2D eigenvalue weighted by Gasteiger charge is -2.30. The Labute approximate surface area is 173 Å². The molecule has 3 aromatic rings. The quantitative estimate of drug-likeness (QED) is 0.659. The second kappa shape index (κ2) is 8.61. The highest BCUT2D eigenvalue weighted by Crippen LogP contribution is 2.35. The number of halogens is 1. The third-order valence-electron chi connectivity index (χ3n) is 4.66. The summed E-state index contributed by atoms with van der Waals surface area (Å²) in [5, 5.41) is 2.82. The molecule has 0 aromatic heterocycles. The van der Waals surface area contributed by atoms with Crippen LogP contribution < -0.4 is 15.0 Å². The summed E-state index contributed by atoms with van der Waals surface area (Å²) in [6, 6.07) is 22.5. The molecule has 0 unspecified atom stereocenters. The molecule has 3 aromatic carbocycles. The largest absolute Gasteiger partial charge is 0.449 e. The number of para-hydroxylation sites is 2. The summed E-state index contributed by atoms with van der Waals surface area (Å²) in [4.78, 5) is 26.9. The molecule has 5 nitrogen and oxygen atoms in total. The molecule has 4 rings (SSSR count). The average molecular weight is 402 g/mol. The summed E-state index contributed by atoms with van der Waals surface area (Å²) in [6.07, 6.45) is 1.35. The van der Waals surface area contributed by atoms with Crippen LogP contribution in [-0.4, -0.2) is 18.4 Å². The van der Waals surface area contributed by atoms with Crippen LogP contribution in [0.4, 0.5) is 10.1 Å². The van der Waals surface area contributed by atoms with Gasteiger partial charge in [-0.2, -0.15) is 0 Å². The summed E-state index contributed by atoms with van der Waals surface area (Å²) >= 11 is 0. The molecule has 30 heavy (non-hydrogen) atoms. The maximum atomic E-state index is 14.0. The number of benzene rings is 3. The Morgan fingerprint density at radius 1 is 0.967 bits per heavy atom. The molecule has 0 atom stereocenters. The summed E-state index contributed by atoms with van der Waals surface area (Å²) in [5.74, 6) is -0.904. The van der Waals surface area contributed by atoms with Gasteiger partial charge in [0.2, 0.25) is 5.91 Å². The van der Waals surface area contributed by atoms with E-state index in [1.54, 1.807) is 42.5 Å². The monoisotopic (exact) mass is 402 g/mol. The number of nitrogens with zero attached hydrogens (tertiary/aromatic N) is 1. The lowest BCUT2D eigenvalue weighted by atomic mass is 10.1. The maximum Gasteiger partial charge on any atom is 0.294 e. The minimum absolute atomic E-state index is 0.0466. The summed E-state index contributed by atoms with van der Waals surface area (Å²) in [5.41, 5.74) is 1.68. The van der Waals surface area contributed by atoms with Gasteiger partial charge >= 0.3 is 0 Å². The molecule has 0 saturated carbocycles. The van der Waals surface area contributed by atoms with E-state index in [0.29, 0.717) is 18.0 Å². The van der Waals surface area contributed by atoms with Gasteiger partial charge in [0.1, 0.15) is 12.4 Å². The number of rotatable bonds is 5. The molecule has 0 saturated heterocycles. The predicted molar refractivity (Wildman–Crippen MR) is 112 cm³/mol. The van der Waals surface area contributed by atoms with Crippen molar-refractivity contribution in [3.8, 4) is 5.75 Å². The normalized spacial score (nSPS) is 14.2. The van der Waals surface area contributed by atoms with Gasteiger partial charge in [-0.3, -0.25) is 14.5 Å². The molecule has 150 valence electrons. The van der Waals surface area contributed by atoms with Gasteiger partial charge in [0.25, 0.3) is 5.91 Å². The topological polar surface area (TPSA) is 58.6 Å². The average Bonchev–Trinajstić information content (AvgIpc) is 2.77. The van der Waals surface area contributed by atoms with Crippen LogP contribution in [0.5, 0.6) is 5.75 Å². The lowest BCUT2D eigenvalue weighted by Crippen LogP contribution is -2.44. The van der Waals surface area contributed by atoms with Crippen LogP contribution in [0.3, 0.4) is 0 Å². The molecule has 1 aliphatic rings. The standard InChI is InChI=1S/C24H19FN2O3/c25-19-11-5-4-10-18(19)14-22-24(29)27(20-12-6-7-13-21(20)30-22)16-23(28)26-15-17-8-2-1-3-9-17/h1-14H,15-16H2,(H,26,28)/b22-14-. The molecular formula is C24H19FN2O3. The van der Waals surface area contributed by atoms with Crippen molar-refractivity contribution in [3.63, 3.8) is 0 Å². The highest BCUT2D eigenvalue weighted by Gasteiger charge is 2.31. The zero-order valence-electron chi connectivity index (χ0n) is 16.0. The van der Waals surface area contributed by atoms with Gasteiger partial charge in [-0.25, -0.2) is 4.39 Å². The third kappa shape index (κ3) is 4.22. The van der Waals surface area contributed by atoms with Crippen LogP contribution in [-0.2, 0) is 16.1 Å². The Hall–Kier alpha value is -3.93. The van der Waals surface area contributed by atoms with E-state index >= 15 is 0 Å². The van der Waals surface area contributed by atoms with Gasteiger partial charge in [0.15, 0.2) is 11.5 Å². The first kappa shape index (κ1) is 19.4. The Morgan fingerprint density at radius 2 is 1.67 bits per heavy atom. The Balaban J connectivity index is 1.57. The molecule has 2 amide bonds. The van der Waals surface area contributed by atoms with E-state index in [2.05, 4.69) is 5.32 Å². The fraction of sp³-hybridized carbons (Fsp3) is 0.0833. The van der Waals surface area contributed by atoms with E-state index in [1.807, 2.05) is 30.3 Å². The molecule has 0 aliphatic carbocycles. The van der Waals surface area contributed by atoms with E-state index < -0.39 is 11.7 Å². The van der Waals surface area contributed by atoms with Crippen LogP contribution >= 0.6 is 0 Å². The Kier molecular flexibility index (Phi) is 5.57. The second-order valence-corrected chi connectivity index (χ2v) is 6.75. The first-order valence-electron chi connectivity index (χ1n) is 9.47. The highest BCUT2D eigenvalue weighted by atomic mass is 19.1. The Bertz CT molecular complexity index is 1110. The molecule has 1 heterocycles. The van der Waals surface area contributed by atoms with Crippen molar-refractivity contribution in [2.45, 2.75) is 6.54 Å². The maximum absolute atomic E-state index is 14.0. The summed E-state index contributed by atoms with van der Waals surface area (Å²) < 4.78 is 19.8. The van der Waals surface area contributed by atoms with Gasteiger partial charge < -0.3 is 10.1 Å². The minimum Gasteiger partial charge on any atom is -0.449 e. The molecule has 0 radical (unpaired) electrons. The first-order chi connectivity index (χ1) is 14.6. The highest BCUT2D eigenvalue weighted by molar-refractivity contribution is 6.12. The number of amides is 2. The first-order valence-corrected chi connectivity index (χ1v) is 9.47. The molecule has 1 N–H and O–H groups in total. The fourth-order valence-corrected chi connectivity index (χ4v) is 3.15. The molecule has 0 fully saturated rings. The molecule has 0 bridgehead atoms. The molecule has 1 aliphatic heterocycles. The number of carbonyl (C=O) groups is 2. The number of carbonyl (C=O) groups excluding carboxylic acids is 2. The van der Waals surface area contributed by atoms with Crippen molar-refractivity contribution >= 4 is 23.6 Å². The summed E-state index contributed by atoms with van der Waals surface area (Å²) in [6.45, 7) is 0.179. The van der Waals surface area contributed by atoms with Crippen molar-refractivity contribution in [1.82, 2.24) is 5.32 Å².